The number of Topliss-reactive ketones (excluding diaryl/α,β-unsaturated/α-hetero) is 1. The third kappa shape index (κ3) is 5.32. The lowest BCUT2D eigenvalue weighted by Crippen LogP contribution is -2.50. The maximum absolute atomic E-state index is 13.1. The number of carbonyl (C=O) groups is 2. The van der Waals surface area contributed by atoms with Crippen LogP contribution >= 0.6 is 11.3 Å². The monoisotopic (exact) mass is 498 g/mol. The Balaban J connectivity index is 1.36. The molecule has 34 heavy (non-hydrogen) atoms. The van der Waals surface area contributed by atoms with Crippen LogP contribution in [-0.4, -0.2) is 55.5 Å². The van der Waals surface area contributed by atoms with E-state index in [1.807, 2.05) is 12.1 Å². The third-order valence-electron chi connectivity index (χ3n) is 5.57. The molecule has 1 saturated heterocycles. The predicted molar refractivity (Wildman–Crippen MR) is 131 cm³/mol. The zero-order chi connectivity index (χ0) is 24.3. The Kier molecular flexibility index (Phi) is 7.06. The van der Waals surface area contributed by atoms with Gasteiger partial charge in [0.25, 0.3) is 0 Å². The van der Waals surface area contributed by atoms with Crippen molar-refractivity contribution in [2.24, 2.45) is 0 Å². The number of carbonyl (C=O) groups excluding carboxylic acids is 2. The van der Waals surface area contributed by atoms with Crippen molar-refractivity contribution < 1.29 is 22.4 Å². The normalized spacial score (nSPS) is 15.1. The van der Waals surface area contributed by atoms with Gasteiger partial charge in [0.2, 0.25) is 15.9 Å². The van der Waals surface area contributed by atoms with E-state index in [4.69, 9.17) is 0 Å². The number of sulfonamides is 1. The van der Waals surface area contributed by atoms with Gasteiger partial charge in [-0.3, -0.25) is 9.59 Å². The Morgan fingerprint density at radius 3 is 2.35 bits per heavy atom. The van der Waals surface area contributed by atoms with E-state index in [2.05, 4.69) is 0 Å². The minimum atomic E-state index is -3.75. The Labute approximate surface area is 202 Å². The average molecular weight is 499 g/mol. The fourth-order valence-electron chi connectivity index (χ4n) is 3.64. The van der Waals surface area contributed by atoms with Crippen LogP contribution in [0, 0.1) is 5.82 Å². The van der Waals surface area contributed by atoms with Crippen LogP contribution in [0.4, 0.5) is 4.39 Å². The van der Waals surface area contributed by atoms with E-state index < -0.39 is 10.0 Å². The van der Waals surface area contributed by atoms with E-state index in [0.29, 0.717) is 5.56 Å². The topological polar surface area (TPSA) is 74.8 Å². The van der Waals surface area contributed by atoms with Crippen molar-refractivity contribution in [1.82, 2.24) is 9.21 Å². The minimum Gasteiger partial charge on any atom is -0.337 e. The summed E-state index contributed by atoms with van der Waals surface area (Å²) in [5.74, 6) is -0.675. The second kappa shape index (κ2) is 10.0. The first kappa shape index (κ1) is 24.0. The SMILES string of the molecule is CC(=O)c1cccc(S(=O)(=O)N2CCN(C(=O)C=Cc3ccc(-c4ccc(F)cc4)s3)CC2)c1. The van der Waals surface area contributed by atoms with Gasteiger partial charge in [0.05, 0.1) is 4.90 Å². The fraction of sp³-hybridized carbons (Fsp3) is 0.200. The van der Waals surface area contributed by atoms with E-state index in [9.17, 15) is 22.4 Å². The Bertz CT molecular complexity index is 1340. The smallest absolute Gasteiger partial charge is 0.246 e. The number of thiophene rings is 1. The second-order valence-electron chi connectivity index (χ2n) is 7.86. The molecule has 0 unspecified atom stereocenters. The first-order valence-electron chi connectivity index (χ1n) is 10.7. The summed E-state index contributed by atoms with van der Waals surface area (Å²) in [6, 6.07) is 16.1. The molecule has 1 aliphatic rings. The maximum atomic E-state index is 13.1. The highest BCUT2D eigenvalue weighted by Gasteiger charge is 2.29. The molecule has 6 nitrogen and oxygen atoms in total. The van der Waals surface area contributed by atoms with Gasteiger partial charge in [0, 0.05) is 47.6 Å². The van der Waals surface area contributed by atoms with Crippen molar-refractivity contribution in [2.45, 2.75) is 11.8 Å². The van der Waals surface area contributed by atoms with E-state index in [0.717, 1.165) is 15.3 Å². The number of rotatable bonds is 6. The predicted octanol–water partition coefficient (Wildman–Crippen LogP) is 4.30. The molecule has 0 aliphatic carbocycles. The first-order chi connectivity index (χ1) is 16.2. The second-order valence-corrected chi connectivity index (χ2v) is 10.9. The van der Waals surface area contributed by atoms with Crippen molar-refractivity contribution >= 4 is 39.1 Å². The molecule has 0 atom stereocenters. The lowest BCUT2D eigenvalue weighted by molar-refractivity contribution is -0.127. The molecule has 0 N–H and O–H groups in total. The van der Waals surface area contributed by atoms with Gasteiger partial charge in [0.1, 0.15) is 5.82 Å². The lowest BCUT2D eigenvalue weighted by atomic mass is 10.2. The highest BCUT2D eigenvalue weighted by atomic mass is 32.2. The molecule has 0 saturated carbocycles. The zero-order valence-electron chi connectivity index (χ0n) is 18.5. The molecular formula is C25H23FN2O4S2. The van der Waals surface area contributed by atoms with Gasteiger partial charge in [-0.2, -0.15) is 4.31 Å². The van der Waals surface area contributed by atoms with Gasteiger partial charge in [-0.25, -0.2) is 12.8 Å². The molecular weight excluding hydrogens is 475 g/mol. The molecule has 0 spiro atoms. The Morgan fingerprint density at radius 1 is 0.971 bits per heavy atom. The first-order valence-corrected chi connectivity index (χ1v) is 12.9. The largest absolute Gasteiger partial charge is 0.337 e. The summed E-state index contributed by atoms with van der Waals surface area (Å²) in [5.41, 5.74) is 1.25. The summed E-state index contributed by atoms with van der Waals surface area (Å²) in [6.45, 7) is 2.31. The lowest BCUT2D eigenvalue weighted by Gasteiger charge is -2.33. The number of ketones is 1. The van der Waals surface area contributed by atoms with E-state index >= 15 is 0 Å². The number of halogens is 1. The van der Waals surface area contributed by atoms with Gasteiger partial charge in [0.15, 0.2) is 5.78 Å². The van der Waals surface area contributed by atoms with Crippen LogP contribution < -0.4 is 0 Å². The summed E-state index contributed by atoms with van der Waals surface area (Å²) in [7, 11) is -3.75. The van der Waals surface area contributed by atoms with Crippen LogP contribution in [-0.2, 0) is 14.8 Å². The highest BCUT2D eigenvalue weighted by molar-refractivity contribution is 7.89. The van der Waals surface area contributed by atoms with Crippen molar-refractivity contribution in [3.8, 4) is 10.4 Å². The quantitative estimate of drug-likeness (QED) is 0.375. The molecule has 1 aromatic heterocycles. The summed E-state index contributed by atoms with van der Waals surface area (Å²) in [4.78, 5) is 27.8. The van der Waals surface area contributed by atoms with Crippen molar-refractivity contribution in [3.05, 3.63) is 83.0 Å². The maximum Gasteiger partial charge on any atom is 0.246 e. The fourth-order valence-corrected chi connectivity index (χ4v) is 6.03. The van der Waals surface area contributed by atoms with E-state index in [1.165, 1.54) is 52.9 Å². The minimum absolute atomic E-state index is 0.0783. The molecule has 0 bridgehead atoms. The molecule has 1 fully saturated rings. The number of hydrogen-bond donors (Lipinski definition) is 0. The molecule has 2 heterocycles. The number of benzene rings is 2. The van der Waals surface area contributed by atoms with Crippen LogP contribution in [0.15, 0.2) is 71.6 Å². The van der Waals surface area contributed by atoms with Crippen LogP contribution in [0.3, 0.4) is 0 Å². The van der Waals surface area contributed by atoms with Gasteiger partial charge in [-0.15, -0.1) is 11.3 Å². The van der Waals surface area contributed by atoms with Gasteiger partial charge in [-0.05, 0) is 55.0 Å². The Morgan fingerprint density at radius 2 is 1.68 bits per heavy atom. The van der Waals surface area contributed by atoms with Crippen molar-refractivity contribution in [2.75, 3.05) is 26.2 Å². The number of hydrogen-bond acceptors (Lipinski definition) is 5. The Hall–Kier alpha value is -3.14. The zero-order valence-corrected chi connectivity index (χ0v) is 20.1. The van der Waals surface area contributed by atoms with E-state index in [-0.39, 0.29) is 48.6 Å². The standard InChI is InChI=1S/C25H23FN2O4S2/c1-18(29)20-3-2-4-23(17-20)34(31,32)28-15-13-27(14-16-28)25(30)12-10-22-9-11-24(33-22)19-5-7-21(26)8-6-19/h2-12,17H,13-16H2,1H3. The summed E-state index contributed by atoms with van der Waals surface area (Å²) in [6.07, 6.45) is 3.22. The molecule has 0 radical (unpaired) electrons. The molecule has 1 aliphatic heterocycles. The van der Waals surface area contributed by atoms with E-state index in [1.54, 1.807) is 35.2 Å². The summed E-state index contributed by atoms with van der Waals surface area (Å²) < 4.78 is 40.4. The summed E-state index contributed by atoms with van der Waals surface area (Å²) in [5, 5.41) is 0. The van der Waals surface area contributed by atoms with Gasteiger partial charge < -0.3 is 4.90 Å². The molecule has 9 heteroatoms. The molecule has 1 amide bonds. The summed E-state index contributed by atoms with van der Waals surface area (Å²) >= 11 is 1.49. The number of nitrogens with zero attached hydrogens (tertiary/aromatic N) is 2. The average Bonchev–Trinajstić information content (AvgIpc) is 3.32. The highest BCUT2D eigenvalue weighted by Crippen LogP contribution is 2.29. The van der Waals surface area contributed by atoms with Crippen LogP contribution in [0.2, 0.25) is 0 Å². The van der Waals surface area contributed by atoms with Gasteiger partial charge >= 0.3 is 0 Å². The van der Waals surface area contributed by atoms with Crippen LogP contribution in [0.5, 0.6) is 0 Å². The van der Waals surface area contributed by atoms with Crippen LogP contribution in [0.25, 0.3) is 16.5 Å². The molecule has 4 rings (SSSR count). The molecule has 176 valence electrons. The van der Waals surface area contributed by atoms with Crippen LogP contribution in [0.1, 0.15) is 22.2 Å². The number of piperazine rings is 1. The number of amides is 1. The van der Waals surface area contributed by atoms with Crippen molar-refractivity contribution in [3.63, 3.8) is 0 Å². The van der Waals surface area contributed by atoms with Gasteiger partial charge in [-0.1, -0.05) is 24.3 Å². The molecule has 3 aromatic rings. The molecule has 2 aromatic carbocycles. The third-order valence-corrected chi connectivity index (χ3v) is 8.57. The van der Waals surface area contributed by atoms with Crippen molar-refractivity contribution in [1.29, 1.82) is 0 Å².